The number of ether oxygens (including phenoxy) is 2. The van der Waals surface area contributed by atoms with Gasteiger partial charge >= 0.3 is 0 Å². The van der Waals surface area contributed by atoms with Gasteiger partial charge in [-0.25, -0.2) is 14.8 Å². The zero-order chi connectivity index (χ0) is 15.4. The van der Waals surface area contributed by atoms with Gasteiger partial charge in [0.1, 0.15) is 5.71 Å². The molecule has 0 unspecified atom stereocenters. The van der Waals surface area contributed by atoms with Gasteiger partial charge in [0, 0.05) is 0 Å². The fraction of sp³-hybridized carbons (Fsp3) is 0.200. The SMILES string of the molecule is O=CC(/C=C/Cc1ccc2c(c1)OCO2)=N/C1=C(F)CNN1. The maximum atomic E-state index is 13.3. The first-order chi connectivity index (χ1) is 10.8. The number of hydrazine groups is 1. The van der Waals surface area contributed by atoms with Crippen LogP contribution in [0.25, 0.3) is 0 Å². The number of nitrogens with zero attached hydrogens (tertiary/aromatic N) is 1. The van der Waals surface area contributed by atoms with Gasteiger partial charge in [0.15, 0.2) is 29.4 Å². The third kappa shape index (κ3) is 3.15. The molecule has 0 bridgehead atoms. The minimum absolute atomic E-state index is 0.0369. The van der Waals surface area contributed by atoms with Crippen LogP contribution in [0.1, 0.15) is 5.56 Å². The van der Waals surface area contributed by atoms with Crippen LogP contribution in [-0.4, -0.2) is 25.3 Å². The number of halogens is 1. The van der Waals surface area contributed by atoms with E-state index in [1.165, 1.54) is 0 Å². The molecule has 2 N–H and O–H groups in total. The molecule has 3 rings (SSSR count). The molecule has 0 aromatic heterocycles. The number of carbonyl (C=O) groups is 1. The van der Waals surface area contributed by atoms with Gasteiger partial charge in [0.2, 0.25) is 6.79 Å². The largest absolute Gasteiger partial charge is 0.454 e. The zero-order valence-electron chi connectivity index (χ0n) is 11.6. The molecule has 0 atom stereocenters. The highest BCUT2D eigenvalue weighted by Gasteiger charge is 2.13. The van der Waals surface area contributed by atoms with Crippen molar-refractivity contribution in [2.24, 2.45) is 4.99 Å². The highest BCUT2D eigenvalue weighted by Crippen LogP contribution is 2.32. The Kier molecular flexibility index (Phi) is 4.15. The summed E-state index contributed by atoms with van der Waals surface area (Å²) >= 11 is 0. The number of rotatable bonds is 5. The van der Waals surface area contributed by atoms with Crippen molar-refractivity contribution in [1.82, 2.24) is 10.9 Å². The average Bonchev–Trinajstić information content (AvgIpc) is 3.15. The Hall–Kier alpha value is -2.67. The summed E-state index contributed by atoms with van der Waals surface area (Å²) in [4.78, 5) is 14.9. The lowest BCUT2D eigenvalue weighted by Gasteiger charge is -2.00. The van der Waals surface area contributed by atoms with Crippen molar-refractivity contribution in [2.75, 3.05) is 13.3 Å². The first-order valence-corrected chi connectivity index (χ1v) is 6.73. The smallest absolute Gasteiger partial charge is 0.231 e. The lowest BCUT2D eigenvalue weighted by Crippen LogP contribution is -2.23. The van der Waals surface area contributed by atoms with Gasteiger partial charge in [0.25, 0.3) is 0 Å². The number of benzene rings is 1. The van der Waals surface area contributed by atoms with E-state index in [0.717, 1.165) is 11.3 Å². The van der Waals surface area contributed by atoms with E-state index in [1.54, 1.807) is 12.2 Å². The Bertz CT molecular complexity index is 683. The van der Waals surface area contributed by atoms with Crippen molar-refractivity contribution in [1.29, 1.82) is 0 Å². The molecule has 7 heteroatoms. The fourth-order valence-corrected chi connectivity index (χ4v) is 2.06. The van der Waals surface area contributed by atoms with Crippen LogP contribution in [0.5, 0.6) is 11.5 Å². The molecule has 0 spiro atoms. The number of carbonyl (C=O) groups excluding carboxylic acids is 1. The number of aldehydes is 1. The normalized spacial score (nSPS) is 17.2. The molecule has 0 fully saturated rings. The lowest BCUT2D eigenvalue weighted by atomic mass is 10.1. The monoisotopic (exact) mass is 303 g/mol. The van der Waals surface area contributed by atoms with Crippen LogP contribution in [0.4, 0.5) is 4.39 Å². The maximum absolute atomic E-state index is 13.3. The van der Waals surface area contributed by atoms with Crippen LogP contribution in [0.2, 0.25) is 0 Å². The van der Waals surface area contributed by atoms with E-state index in [2.05, 4.69) is 15.8 Å². The van der Waals surface area contributed by atoms with Crippen LogP contribution in [0, 0.1) is 0 Å². The fourth-order valence-electron chi connectivity index (χ4n) is 2.06. The van der Waals surface area contributed by atoms with Crippen molar-refractivity contribution in [3.8, 4) is 11.5 Å². The van der Waals surface area contributed by atoms with E-state index in [9.17, 15) is 9.18 Å². The lowest BCUT2D eigenvalue weighted by molar-refractivity contribution is -0.102. The van der Waals surface area contributed by atoms with Crippen LogP contribution >= 0.6 is 0 Å². The van der Waals surface area contributed by atoms with Gasteiger partial charge in [-0.1, -0.05) is 12.1 Å². The number of hydrogen-bond acceptors (Lipinski definition) is 6. The van der Waals surface area contributed by atoms with Crippen LogP contribution in [0.15, 0.2) is 47.0 Å². The van der Waals surface area contributed by atoms with Crippen molar-refractivity contribution >= 4 is 12.0 Å². The van der Waals surface area contributed by atoms with Crippen molar-refractivity contribution < 1.29 is 18.7 Å². The molecule has 1 aromatic rings. The van der Waals surface area contributed by atoms with Gasteiger partial charge in [-0.15, -0.1) is 0 Å². The Balaban J connectivity index is 1.66. The quantitative estimate of drug-likeness (QED) is 0.635. The number of aliphatic imine (C=N–C) groups is 1. The highest BCUT2D eigenvalue weighted by atomic mass is 19.1. The Morgan fingerprint density at radius 1 is 1.36 bits per heavy atom. The summed E-state index contributed by atoms with van der Waals surface area (Å²) in [6, 6.07) is 5.64. The molecule has 0 amide bonds. The summed E-state index contributed by atoms with van der Waals surface area (Å²) in [5.41, 5.74) is 6.29. The molecule has 6 nitrogen and oxygen atoms in total. The van der Waals surface area contributed by atoms with Gasteiger partial charge in [-0.3, -0.25) is 4.79 Å². The van der Waals surface area contributed by atoms with E-state index >= 15 is 0 Å². The second-order valence-electron chi connectivity index (χ2n) is 4.68. The highest BCUT2D eigenvalue weighted by molar-refractivity contribution is 6.34. The molecule has 0 radical (unpaired) electrons. The molecule has 2 heterocycles. The molecular weight excluding hydrogens is 289 g/mol. The molecule has 1 aromatic carbocycles. The van der Waals surface area contributed by atoms with Crippen molar-refractivity contribution in [3.05, 3.63) is 47.6 Å². The van der Waals surface area contributed by atoms with E-state index in [0.29, 0.717) is 18.5 Å². The topological polar surface area (TPSA) is 72.0 Å². The molecule has 0 saturated heterocycles. The van der Waals surface area contributed by atoms with Crippen molar-refractivity contribution in [2.45, 2.75) is 6.42 Å². The number of fused-ring (bicyclic) bond motifs is 1. The molecule has 114 valence electrons. The predicted molar refractivity (Wildman–Crippen MR) is 78.2 cm³/mol. The summed E-state index contributed by atoms with van der Waals surface area (Å²) in [5, 5.41) is 0. The number of nitrogens with one attached hydrogen (secondary N) is 2. The number of hydrogen-bond donors (Lipinski definition) is 2. The summed E-state index contributed by atoms with van der Waals surface area (Å²) < 4.78 is 23.8. The summed E-state index contributed by atoms with van der Waals surface area (Å²) in [6.45, 7) is 0.296. The summed E-state index contributed by atoms with van der Waals surface area (Å²) in [6.07, 6.45) is 4.51. The van der Waals surface area contributed by atoms with E-state index in [-0.39, 0.29) is 24.9 Å². The second kappa shape index (κ2) is 6.40. The minimum atomic E-state index is -0.427. The van der Waals surface area contributed by atoms with E-state index in [1.807, 2.05) is 18.2 Å². The average molecular weight is 303 g/mol. The zero-order valence-corrected chi connectivity index (χ0v) is 11.6. The summed E-state index contributed by atoms with van der Waals surface area (Å²) in [5.74, 6) is 1.05. The van der Waals surface area contributed by atoms with Crippen LogP contribution < -0.4 is 20.3 Å². The third-order valence-corrected chi connectivity index (χ3v) is 3.15. The third-order valence-electron chi connectivity index (χ3n) is 3.15. The van der Waals surface area contributed by atoms with E-state index < -0.39 is 5.83 Å². The molecule has 2 aliphatic rings. The Labute approximate surface area is 126 Å². The molecule has 22 heavy (non-hydrogen) atoms. The van der Waals surface area contributed by atoms with Crippen LogP contribution in [-0.2, 0) is 11.2 Å². The van der Waals surface area contributed by atoms with Gasteiger partial charge in [-0.05, 0) is 30.2 Å². The predicted octanol–water partition coefficient (Wildman–Crippen LogP) is 1.40. The Morgan fingerprint density at radius 2 is 2.23 bits per heavy atom. The van der Waals surface area contributed by atoms with Crippen LogP contribution in [0.3, 0.4) is 0 Å². The first kappa shape index (κ1) is 14.3. The Morgan fingerprint density at radius 3 is 3.00 bits per heavy atom. The van der Waals surface area contributed by atoms with Gasteiger partial charge < -0.3 is 14.9 Å². The standard InChI is InChI=1S/C15H14FN3O3/c16-12-7-17-19-15(12)18-11(8-20)3-1-2-10-4-5-13-14(6-10)22-9-21-13/h1,3-6,8,17,19H,2,7,9H2/b3-1+,18-11+. The minimum Gasteiger partial charge on any atom is -0.454 e. The second-order valence-corrected chi connectivity index (χ2v) is 4.68. The van der Waals surface area contributed by atoms with Gasteiger partial charge in [0.05, 0.1) is 6.54 Å². The molecule has 2 aliphatic heterocycles. The molecule has 0 aliphatic carbocycles. The summed E-state index contributed by atoms with van der Waals surface area (Å²) in [7, 11) is 0. The first-order valence-electron chi connectivity index (χ1n) is 6.73. The molecule has 0 saturated carbocycles. The maximum Gasteiger partial charge on any atom is 0.231 e. The van der Waals surface area contributed by atoms with E-state index in [4.69, 9.17) is 9.47 Å². The van der Waals surface area contributed by atoms with Crippen molar-refractivity contribution in [3.63, 3.8) is 0 Å². The van der Waals surface area contributed by atoms with Gasteiger partial charge in [-0.2, -0.15) is 0 Å². The number of allylic oxidation sites excluding steroid dienone is 2. The molecular formula is C15H14FN3O3.